The zero-order valence-electron chi connectivity index (χ0n) is 8.16. The number of hydrogen-bond acceptors (Lipinski definition) is 3. The molecule has 1 heterocycles. The van der Waals surface area contributed by atoms with E-state index in [2.05, 4.69) is 37.8 Å². The first kappa shape index (κ1) is 9.23. The molecule has 0 N–H and O–H groups in total. The summed E-state index contributed by atoms with van der Waals surface area (Å²) in [7, 11) is 0. The molecule has 0 aromatic carbocycles. The lowest BCUT2D eigenvalue weighted by Gasteiger charge is -1.98. The third-order valence-electron chi connectivity index (χ3n) is 2.01. The average molecular weight is 168 g/mol. The van der Waals surface area contributed by atoms with Crippen LogP contribution in [-0.4, -0.2) is 10.1 Å². The van der Waals surface area contributed by atoms with Crippen molar-refractivity contribution in [2.75, 3.05) is 0 Å². The van der Waals surface area contributed by atoms with Gasteiger partial charge in [0.05, 0.1) is 0 Å². The van der Waals surface area contributed by atoms with Crippen LogP contribution in [0.25, 0.3) is 0 Å². The third kappa shape index (κ3) is 1.84. The Morgan fingerprint density at radius 3 is 2.42 bits per heavy atom. The molecule has 0 spiro atoms. The Labute approximate surface area is 73.2 Å². The molecule has 0 radical (unpaired) electrons. The van der Waals surface area contributed by atoms with E-state index < -0.39 is 0 Å². The first-order valence-corrected chi connectivity index (χ1v) is 4.48. The summed E-state index contributed by atoms with van der Waals surface area (Å²) >= 11 is 0. The standard InChI is InChI=1S/C9H16N2O/c1-5-7(4)9-10-8(6(2)3)11-12-9/h6-7H,5H2,1-4H3. The third-order valence-corrected chi connectivity index (χ3v) is 2.01. The van der Waals surface area contributed by atoms with Crippen molar-refractivity contribution in [2.45, 2.75) is 46.0 Å². The summed E-state index contributed by atoms with van der Waals surface area (Å²) in [6, 6.07) is 0. The zero-order valence-corrected chi connectivity index (χ0v) is 8.16. The number of nitrogens with zero attached hydrogens (tertiary/aromatic N) is 2. The molecular weight excluding hydrogens is 152 g/mol. The maximum absolute atomic E-state index is 5.12. The molecule has 1 unspecified atom stereocenters. The van der Waals surface area contributed by atoms with E-state index in [9.17, 15) is 0 Å². The molecule has 68 valence electrons. The first-order chi connectivity index (χ1) is 5.65. The topological polar surface area (TPSA) is 38.9 Å². The van der Waals surface area contributed by atoms with Gasteiger partial charge in [-0.25, -0.2) is 0 Å². The second-order valence-electron chi connectivity index (χ2n) is 3.45. The molecule has 3 heteroatoms. The maximum Gasteiger partial charge on any atom is 0.229 e. The highest BCUT2D eigenvalue weighted by Crippen LogP contribution is 2.18. The van der Waals surface area contributed by atoms with Crippen LogP contribution in [0.2, 0.25) is 0 Å². The van der Waals surface area contributed by atoms with Crippen LogP contribution in [-0.2, 0) is 0 Å². The van der Waals surface area contributed by atoms with E-state index in [0.717, 1.165) is 18.1 Å². The SMILES string of the molecule is CCC(C)c1nc(C(C)C)no1. The fourth-order valence-electron chi connectivity index (χ4n) is 0.857. The van der Waals surface area contributed by atoms with E-state index >= 15 is 0 Å². The van der Waals surface area contributed by atoms with Crippen molar-refractivity contribution in [3.8, 4) is 0 Å². The Bertz CT molecular complexity index is 242. The highest BCUT2D eigenvalue weighted by Gasteiger charge is 2.13. The van der Waals surface area contributed by atoms with E-state index in [4.69, 9.17) is 4.52 Å². The largest absolute Gasteiger partial charge is 0.339 e. The molecule has 0 saturated carbocycles. The van der Waals surface area contributed by atoms with Crippen LogP contribution in [0.3, 0.4) is 0 Å². The fraction of sp³-hybridized carbons (Fsp3) is 0.778. The lowest BCUT2D eigenvalue weighted by atomic mass is 10.1. The fourth-order valence-corrected chi connectivity index (χ4v) is 0.857. The van der Waals surface area contributed by atoms with Crippen LogP contribution in [0.1, 0.15) is 57.7 Å². The van der Waals surface area contributed by atoms with Crippen LogP contribution in [0.15, 0.2) is 4.52 Å². The first-order valence-electron chi connectivity index (χ1n) is 4.48. The van der Waals surface area contributed by atoms with E-state index in [0.29, 0.717) is 11.8 Å². The van der Waals surface area contributed by atoms with Crippen molar-refractivity contribution in [1.82, 2.24) is 10.1 Å². The smallest absolute Gasteiger partial charge is 0.229 e. The monoisotopic (exact) mass is 168 g/mol. The predicted molar refractivity (Wildman–Crippen MR) is 47.1 cm³/mol. The van der Waals surface area contributed by atoms with E-state index in [-0.39, 0.29) is 0 Å². The van der Waals surface area contributed by atoms with Gasteiger partial charge < -0.3 is 4.52 Å². The Morgan fingerprint density at radius 2 is 2.00 bits per heavy atom. The number of aromatic nitrogens is 2. The minimum absolute atomic E-state index is 0.353. The Hall–Kier alpha value is -0.860. The van der Waals surface area contributed by atoms with E-state index in [1.54, 1.807) is 0 Å². The van der Waals surface area contributed by atoms with Crippen molar-refractivity contribution in [2.24, 2.45) is 0 Å². The summed E-state index contributed by atoms with van der Waals surface area (Å²) in [6.07, 6.45) is 1.04. The number of rotatable bonds is 3. The minimum atomic E-state index is 0.353. The summed E-state index contributed by atoms with van der Waals surface area (Å²) in [5.74, 6) is 2.31. The van der Waals surface area contributed by atoms with Crippen LogP contribution in [0.4, 0.5) is 0 Å². The Morgan fingerprint density at radius 1 is 1.33 bits per heavy atom. The van der Waals surface area contributed by atoms with Gasteiger partial charge in [-0.2, -0.15) is 4.98 Å². The van der Waals surface area contributed by atoms with Crippen LogP contribution >= 0.6 is 0 Å². The summed E-state index contributed by atoms with van der Waals surface area (Å²) < 4.78 is 5.12. The molecule has 0 fully saturated rings. The van der Waals surface area contributed by atoms with Crippen molar-refractivity contribution in [1.29, 1.82) is 0 Å². The van der Waals surface area contributed by atoms with Gasteiger partial charge in [-0.1, -0.05) is 32.9 Å². The van der Waals surface area contributed by atoms with Crippen molar-refractivity contribution >= 4 is 0 Å². The maximum atomic E-state index is 5.12. The van der Waals surface area contributed by atoms with Crippen LogP contribution in [0, 0.1) is 0 Å². The molecule has 1 rings (SSSR count). The Kier molecular flexibility index (Phi) is 2.84. The quantitative estimate of drug-likeness (QED) is 0.696. The van der Waals surface area contributed by atoms with Crippen molar-refractivity contribution in [3.05, 3.63) is 11.7 Å². The van der Waals surface area contributed by atoms with Gasteiger partial charge in [0.1, 0.15) is 0 Å². The second-order valence-corrected chi connectivity index (χ2v) is 3.45. The molecule has 0 aliphatic rings. The van der Waals surface area contributed by atoms with Crippen molar-refractivity contribution < 1.29 is 4.52 Å². The summed E-state index contributed by atoms with van der Waals surface area (Å²) in [4.78, 5) is 4.30. The van der Waals surface area contributed by atoms with E-state index in [1.807, 2.05) is 0 Å². The molecule has 1 aromatic rings. The average Bonchev–Trinajstić information content (AvgIpc) is 2.51. The van der Waals surface area contributed by atoms with Gasteiger partial charge in [-0.3, -0.25) is 0 Å². The van der Waals surface area contributed by atoms with Gasteiger partial charge in [-0.15, -0.1) is 0 Å². The molecule has 12 heavy (non-hydrogen) atoms. The highest BCUT2D eigenvalue weighted by molar-refractivity contribution is 4.95. The molecule has 0 aliphatic heterocycles. The molecule has 1 atom stereocenters. The van der Waals surface area contributed by atoms with Crippen molar-refractivity contribution in [3.63, 3.8) is 0 Å². The number of hydrogen-bond donors (Lipinski definition) is 0. The Balaban J connectivity index is 2.77. The summed E-state index contributed by atoms with van der Waals surface area (Å²) in [5, 5.41) is 3.90. The lowest BCUT2D eigenvalue weighted by molar-refractivity contribution is 0.351. The van der Waals surface area contributed by atoms with Gasteiger partial charge in [0.15, 0.2) is 5.82 Å². The normalized spacial score (nSPS) is 13.8. The van der Waals surface area contributed by atoms with E-state index in [1.165, 1.54) is 0 Å². The molecule has 1 aromatic heterocycles. The summed E-state index contributed by atoms with van der Waals surface area (Å²) in [6.45, 7) is 8.33. The zero-order chi connectivity index (χ0) is 9.14. The molecule has 3 nitrogen and oxygen atoms in total. The molecule has 0 saturated heterocycles. The predicted octanol–water partition coefficient (Wildman–Crippen LogP) is 2.71. The highest BCUT2D eigenvalue weighted by atomic mass is 16.5. The van der Waals surface area contributed by atoms with Gasteiger partial charge in [-0.05, 0) is 6.42 Å². The van der Waals surface area contributed by atoms with Gasteiger partial charge in [0.25, 0.3) is 0 Å². The second kappa shape index (κ2) is 3.70. The molecular formula is C9H16N2O. The van der Waals surface area contributed by atoms with Crippen LogP contribution in [0.5, 0.6) is 0 Å². The summed E-state index contributed by atoms with van der Waals surface area (Å²) in [5.41, 5.74) is 0. The molecule has 0 bridgehead atoms. The molecule has 0 amide bonds. The van der Waals surface area contributed by atoms with Crippen LogP contribution < -0.4 is 0 Å². The van der Waals surface area contributed by atoms with Gasteiger partial charge >= 0.3 is 0 Å². The van der Waals surface area contributed by atoms with Gasteiger partial charge in [0.2, 0.25) is 5.89 Å². The lowest BCUT2D eigenvalue weighted by Crippen LogP contribution is -1.93. The molecule has 0 aliphatic carbocycles. The van der Waals surface area contributed by atoms with Gasteiger partial charge in [0, 0.05) is 11.8 Å². The minimum Gasteiger partial charge on any atom is -0.339 e.